The van der Waals surface area contributed by atoms with Gasteiger partial charge < -0.3 is 19.3 Å². The van der Waals surface area contributed by atoms with Crippen molar-refractivity contribution in [3.63, 3.8) is 0 Å². The SMILES string of the molecule is COc1cc(-c2cc(C)c3c(O)n(-c4ccc(OCCCC(F)(F)F)nc4)cc3n2)cnc1OC. The third-order valence-electron chi connectivity index (χ3n) is 5.33. The Hall–Kier alpha value is -4.02. The van der Waals surface area contributed by atoms with Gasteiger partial charge in [0.2, 0.25) is 11.8 Å². The van der Waals surface area contributed by atoms with E-state index in [-0.39, 0.29) is 24.8 Å². The number of methoxy groups -OCH3 is 2. The Kier molecular flexibility index (Phi) is 6.68. The predicted molar refractivity (Wildman–Crippen MR) is 122 cm³/mol. The number of aromatic nitrogens is 4. The number of alkyl halides is 3. The number of pyridine rings is 3. The van der Waals surface area contributed by atoms with E-state index in [1.165, 1.54) is 31.0 Å². The van der Waals surface area contributed by atoms with E-state index in [0.29, 0.717) is 39.5 Å². The van der Waals surface area contributed by atoms with Gasteiger partial charge in [-0.3, -0.25) is 4.57 Å². The number of fused-ring (bicyclic) bond motifs is 1. The molecule has 0 atom stereocenters. The minimum Gasteiger partial charge on any atom is -0.494 e. The normalized spacial score (nSPS) is 11.6. The highest BCUT2D eigenvalue weighted by molar-refractivity contribution is 5.90. The molecule has 0 unspecified atom stereocenters. The lowest BCUT2D eigenvalue weighted by atomic mass is 10.1. The van der Waals surface area contributed by atoms with Gasteiger partial charge in [0.05, 0.1) is 49.3 Å². The molecular weight excluding hydrogens is 465 g/mol. The largest absolute Gasteiger partial charge is 0.494 e. The summed E-state index contributed by atoms with van der Waals surface area (Å²) < 4.78 is 54.1. The molecule has 0 fully saturated rings. The molecule has 4 heterocycles. The second-order valence-corrected chi connectivity index (χ2v) is 7.76. The van der Waals surface area contributed by atoms with Crippen LogP contribution in [-0.4, -0.2) is 51.6 Å². The van der Waals surface area contributed by atoms with E-state index in [0.717, 1.165) is 5.56 Å². The molecule has 0 saturated carbocycles. The van der Waals surface area contributed by atoms with E-state index in [9.17, 15) is 18.3 Å². The molecule has 0 aromatic carbocycles. The standard InChI is InChI=1S/C24H23F3N4O4/c1-14-9-17(15-10-19(33-2)22(34-3)29-11-15)30-18-13-31(23(32)21(14)18)16-5-6-20(28-12-16)35-8-4-7-24(25,26)27/h5-6,9-13,32H,4,7-8H2,1-3H3. The molecule has 0 aliphatic rings. The summed E-state index contributed by atoms with van der Waals surface area (Å²) in [5.41, 5.74) is 3.25. The third-order valence-corrected chi connectivity index (χ3v) is 5.33. The highest BCUT2D eigenvalue weighted by Gasteiger charge is 2.26. The fraction of sp³-hybridized carbons (Fsp3) is 0.292. The molecular formula is C24H23F3N4O4. The zero-order valence-electron chi connectivity index (χ0n) is 19.3. The summed E-state index contributed by atoms with van der Waals surface area (Å²) in [4.78, 5) is 13.1. The van der Waals surface area contributed by atoms with Crippen molar-refractivity contribution in [3.8, 4) is 40.3 Å². The van der Waals surface area contributed by atoms with Crippen LogP contribution in [0.15, 0.2) is 42.9 Å². The Bertz CT molecular complexity index is 1340. The Morgan fingerprint density at radius 2 is 1.86 bits per heavy atom. The average Bonchev–Trinajstić information content (AvgIpc) is 3.17. The van der Waals surface area contributed by atoms with Crippen LogP contribution in [0.1, 0.15) is 18.4 Å². The lowest BCUT2D eigenvalue weighted by molar-refractivity contribution is -0.136. The van der Waals surface area contributed by atoms with Gasteiger partial charge in [-0.15, -0.1) is 0 Å². The molecule has 4 rings (SSSR count). The zero-order valence-corrected chi connectivity index (χ0v) is 19.3. The number of hydrogen-bond acceptors (Lipinski definition) is 7. The van der Waals surface area contributed by atoms with Gasteiger partial charge in [0.15, 0.2) is 5.75 Å². The smallest absolute Gasteiger partial charge is 0.389 e. The van der Waals surface area contributed by atoms with E-state index < -0.39 is 12.6 Å². The molecule has 1 N–H and O–H groups in total. The minimum absolute atomic E-state index is 0.0115. The first-order chi connectivity index (χ1) is 16.7. The molecule has 0 aliphatic heterocycles. The summed E-state index contributed by atoms with van der Waals surface area (Å²) in [6.07, 6.45) is -0.510. The van der Waals surface area contributed by atoms with Crippen molar-refractivity contribution in [2.45, 2.75) is 25.9 Å². The Labute approximate surface area is 198 Å². The van der Waals surface area contributed by atoms with Gasteiger partial charge in [0, 0.05) is 30.4 Å². The molecule has 0 radical (unpaired) electrons. The van der Waals surface area contributed by atoms with Crippen LogP contribution in [0.25, 0.3) is 27.8 Å². The van der Waals surface area contributed by atoms with Gasteiger partial charge in [-0.1, -0.05) is 0 Å². The van der Waals surface area contributed by atoms with Crippen molar-refractivity contribution in [1.82, 2.24) is 19.5 Å². The number of nitrogens with zero attached hydrogens (tertiary/aromatic N) is 4. The van der Waals surface area contributed by atoms with Crippen LogP contribution in [0.3, 0.4) is 0 Å². The summed E-state index contributed by atoms with van der Waals surface area (Å²) >= 11 is 0. The molecule has 35 heavy (non-hydrogen) atoms. The predicted octanol–water partition coefficient (Wildman–Crippen LogP) is 5.24. The average molecular weight is 488 g/mol. The van der Waals surface area contributed by atoms with Crippen molar-refractivity contribution in [3.05, 3.63) is 48.4 Å². The fourth-order valence-electron chi connectivity index (χ4n) is 3.65. The number of hydrogen-bond donors (Lipinski definition) is 1. The van der Waals surface area contributed by atoms with Gasteiger partial charge in [-0.05, 0) is 37.1 Å². The Balaban J connectivity index is 1.59. The lowest BCUT2D eigenvalue weighted by Gasteiger charge is -2.09. The van der Waals surface area contributed by atoms with Crippen molar-refractivity contribution in [2.24, 2.45) is 0 Å². The van der Waals surface area contributed by atoms with Crippen molar-refractivity contribution < 1.29 is 32.5 Å². The number of aryl methyl sites for hydroxylation is 1. The van der Waals surface area contributed by atoms with Gasteiger partial charge in [0.1, 0.15) is 0 Å². The summed E-state index contributed by atoms with van der Waals surface area (Å²) in [6.45, 7) is 1.77. The molecule has 11 heteroatoms. The van der Waals surface area contributed by atoms with Gasteiger partial charge in [-0.2, -0.15) is 13.2 Å². The monoisotopic (exact) mass is 488 g/mol. The van der Waals surface area contributed by atoms with Crippen LogP contribution >= 0.6 is 0 Å². The Morgan fingerprint density at radius 1 is 1.06 bits per heavy atom. The zero-order chi connectivity index (χ0) is 25.2. The maximum absolute atomic E-state index is 12.2. The molecule has 4 aromatic heterocycles. The van der Waals surface area contributed by atoms with Crippen molar-refractivity contribution in [2.75, 3.05) is 20.8 Å². The van der Waals surface area contributed by atoms with Gasteiger partial charge in [-0.25, -0.2) is 15.0 Å². The van der Waals surface area contributed by atoms with Crippen LogP contribution in [-0.2, 0) is 0 Å². The quantitative estimate of drug-likeness (QED) is 0.339. The molecule has 0 amide bonds. The van der Waals surface area contributed by atoms with Crippen LogP contribution in [0, 0.1) is 6.92 Å². The molecule has 0 saturated heterocycles. The van der Waals surface area contributed by atoms with E-state index in [1.54, 1.807) is 24.5 Å². The summed E-state index contributed by atoms with van der Waals surface area (Å²) in [5, 5.41) is 11.4. The molecule has 4 aromatic rings. The van der Waals surface area contributed by atoms with Crippen LogP contribution in [0.5, 0.6) is 23.4 Å². The first kappa shape index (κ1) is 24.1. The van der Waals surface area contributed by atoms with Crippen molar-refractivity contribution in [1.29, 1.82) is 0 Å². The topological polar surface area (TPSA) is 91.5 Å². The van der Waals surface area contributed by atoms with Gasteiger partial charge in [0.25, 0.3) is 5.88 Å². The third kappa shape index (κ3) is 5.23. The van der Waals surface area contributed by atoms with E-state index in [1.807, 2.05) is 13.0 Å². The maximum atomic E-state index is 12.2. The summed E-state index contributed by atoms with van der Waals surface area (Å²) in [7, 11) is 3.03. The first-order valence-corrected chi connectivity index (χ1v) is 10.7. The van der Waals surface area contributed by atoms with Crippen molar-refractivity contribution >= 4 is 10.9 Å². The molecule has 184 valence electrons. The Morgan fingerprint density at radius 3 is 2.51 bits per heavy atom. The van der Waals surface area contributed by atoms with E-state index >= 15 is 0 Å². The maximum Gasteiger partial charge on any atom is 0.389 e. The molecule has 8 nitrogen and oxygen atoms in total. The van der Waals surface area contributed by atoms with Crippen LogP contribution < -0.4 is 14.2 Å². The van der Waals surface area contributed by atoms with Gasteiger partial charge >= 0.3 is 6.18 Å². The lowest BCUT2D eigenvalue weighted by Crippen LogP contribution is -2.10. The van der Waals surface area contributed by atoms with Crippen LogP contribution in [0.2, 0.25) is 0 Å². The first-order valence-electron chi connectivity index (χ1n) is 10.7. The summed E-state index contributed by atoms with van der Waals surface area (Å²) in [6, 6.07) is 6.80. The number of halogens is 3. The minimum atomic E-state index is -4.21. The summed E-state index contributed by atoms with van der Waals surface area (Å²) in [5.74, 6) is 1.02. The van der Waals surface area contributed by atoms with E-state index in [4.69, 9.17) is 14.2 Å². The number of rotatable bonds is 8. The molecule has 0 aliphatic carbocycles. The number of ether oxygens (including phenoxy) is 3. The highest BCUT2D eigenvalue weighted by Crippen LogP contribution is 2.35. The molecule has 0 bridgehead atoms. The van der Waals surface area contributed by atoms with E-state index in [2.05, 4.69) is 15.0 Å². The highest BCUT2D eigenvalue weighted by atomic mass is 19.4. The second-order valence-electron chi connectivity index (χ2n) is 7.76. The second kappa shape index (κ2) is 9.69. The van der Waals surface area contributed by atoms with Crippen LogP contribution in [0.4, 0.5) is 13.2 Å². The molecule has 0 spiro atoms. The fourth-order valence-corrected chi connectivity index (χ4v) is 3.65. The number of aromatic hydroxyl groups is 1.